The van der Waals surface area contributed by atoms with Gasteiger partial charge in [-0.05, 0) is 24.6 Å². The summed E-state index contributed by atoms with van der Waals surface area (Å²) in [5, 5.41) is 2.59. The van der Waals surface area contributed by atoms with Gasteiger partial charge in [-0.3, -0.25) is 19.3 Å². The van der Waals surface area contributed by atoms with Crippen LogP contribution in [0.5, 0.6) is 0 Å². The van der Waals surface area contributed by atoms with Crippen molar-refractivity contribution in [2.45, 2.75) is 6.42 Å². The maximum Gasteiger partial charge on any atom is 0.338 e. The second-order valence-electron chi connectivity index (χ2n) is 5.54. The van der Waals surface area contributed by atoms with Crippen LogP contribution in [0.1, 0.15) is 37.5 Å². The smallest absolute Gasteiger partial charge is 0.338 e. The molecule has 1 aliphatic heterocycles. The van der Waals surface area contributed by atoms with Crippen molar-refractivity contribution in [3.63, 3.8) is 0 Å². The van der Waals surface area contributed by atoms with Crippen LogP contribution in [0.25, 0.3) is 0 Å². The summed E-state index contributed by atoms with van der Waals surface area (Å²) in [5.41, 5.74) is 0.456. The van der Waals surface area contributed by atoms with Crippen LogP contribution in [0.2, 0.25) is 0 Å². The normalized spacial score (nSPS) is 12.7. The number of fused-ring (bicyclic) bond motifs is 1. The highest BCUT2D eigenvalue weighted by atomic mass is 16.5. The van der Waals surface area contributed by atoms with E-state index in [4.69, 9.17) is 9.47 Å². The third kappa shape index (κ3) is 4.34. The first-order chi connectivity index (χ1) is 12.5. The van der Waals surface area contributed by atoms with Gasteiger partial charge in [0.05, 0.1) is 16.7 Å². The fraction of sp³-hybridized carbons (Fsp3) is 0.333. The van der Waals surface area contributed by atoms with Crippen LogP contribution in [-0.4, -0.2) is 62.0 Å². The predicted molar refractivity (Wildman–Crippen MR) is 91.8 cm³/mol. The Balaban J connectivity index is 1.96. The number of methoxy groups -OCH3 is 1. The molecule has 0 unspecified atom stereocenters. The number of esters is 1. The summed E-state index contributed by atoms with van der Waals surface area (Å²) >= 11 is 0. The highest BCUT2D eigenvalue weighted by molar-refractivity contribution is 6.22. The van der Waals surface area contributed by atoms with Crippen molar-refractivity contribution in [1.82, 2.24) is 10.2 Å². The van der Waals surface area contributed by atoms with Crippen LogP contribution in [-0.2, 0) is 14.3 Å². The molecule has 0 bridgehead atoms. The Kier molecular flexibility index (Phi) is 6.62. The second-order valence-corrected chi connectivity index (χ2v) is 5.54. The second kappa shape index (κ2) is 8.91. The fourth-order valence-corrected chi connectivity index (χ4v) is 2.42. The first kappa shape index (κ1) is 19.3. The molecule has 0 atom stereocenters. The lowest BCUT2D eigenvalue weighted by molar-refractivity contribution is -0.124. The first-order valence-corrected chi connectivity index (χ1v) is 8.03. The third-order valence-electron chi connectivity index (χ3n) is 3.70. The summed E-state index contributed by atoms with van der Waals surface area (Å²) in [5.74, 6) is -2.10. The van der Waals surface area contributed by atoms with Crippen LogP contribution in [0, 0.1) is 0 Å². The van der Waals surface area contributed by atoms with Gasteiger partial charge in [0.15, 0.2) is 6.61 Å². The zero-order valence-electron chi connectivity index (χ0n) is 14.4. The SMILES string of the molecule is C=CCN1C(=O)c2ccc(C(=O)OCC(=O)NCCCOC)cc2C1=O. The van der Waals surface area contributed by atoms with Gasteiger partial charge in [0.25, 0.3) is 17.7 Å². The number of carbonyl (C=O) groups is 4. The molecular formula is C18H20N2O6. The van der Waals surface area contributed by atoms with Crippen molar-refractivity contribution >= 4 is 23.7 Å². The Hall–Kier alpha value is -3.00. The van der Waals surface area contributed by atoms with Crippen LogP contribution in [0.3, 0.4) is 0 Å². The Morgan fingerprint density at radius 2 is 1.96 bits per heavy atom. The van der Waals surface area contributed by atoms with E-state index in [0.29, 0.717) is 19.6 Å². The zero-order valence-corrected chi connectivity index (χ0v) is 14.4. The molecule has 0 saturated heterocycles. The van der Waals surface area contributed by atoms with E-state index in [1.165, 1.54) is 24.3 Å². The maximum atomic E-state index is 12.2. The largest absolute Gasteiger partial charge is 0.452 e. The highest BCUT2D eigenvalue weighted by Gasteiger charge is 2.35. The number of amides is 3. The minimum atomic E-state index is -0.748. The molecule has 0 aliphatic carbocycles. The zero-order chi connectivity index (χ0) is 19.1. The minimum absolute atomic E-state index is 0.0926. The number of hydrogen-bond donors (Lipinski definition) is 1. The summed E-state index contributed by atoms with van der Waals surface area (Å²) in [6, 6.07) is 4.10. The Morgan fingerprint density at radius 3 is 2.65 bits per heavy atom. The lowest BCUT2D eigenvalue weighted by Crippen LogP contribution is -2.30. The number of imide groups is 1. The molecule has 3 amide bonds. The van der Waals surface area contributed by atoms with Crippen molar-refractivity contribution in [1.29, 1.82) is 0 Å². The summed E-state index contributed by atoms with van der Waals surface area (Å²) in [7, 11) is 1.56. The van der Waals surface area contributed by atoms with Gasteiger partial charge in [0, 0.05) is 26.8 Å². The van der Waals surface area contributed by atoms with Crippen LogP contribution < -0.4 is 5.32 Å². The van der Waals surface area contributed by atoms with Crippen molar-refractivity contribution in [3.8, 4) is 0 Å². The molecule has 8 heteroatoms. The van der Waals surface area contributed by atoms with Gasteiger partial charge in [-0.25, -0.2) is 4.79 Å². The molecule has 0 spiro atoms. The van der Waals surface area contributed by atoms with E-state index >= 15 is 0 Å². The van der Waals surface area contributed by atoms with Crippen molar-refractivity contribution in [2.24, 2.45) is 0 Å². The van der Waals surface area contributed by atoms with Crippen molar-refractivity contribution in [3.05, 3.63) is 47.5 Å². The lowest BCUT2D eigenvalue weighted by Gasteiger charge is -2.09. The van der Waals surface area contributed by atoms with Crippen LogP contribution >= 0.6 is 0 Å². The van der Waals surface area contributed by atoms with Crippen molar-refractivity contribution in [2.75, 3.05) is 33.4 Å². The topological polar surface area (TPSA) is 102 Å². The molecular weight excluding hydrogens is 340 g/mol. The van der Waals surface area contributed by atoms with E-state index in [0.717, 1.165) is 4.90 Å². The summed E-state index contributed by atoms with van der Waals surface area (Å²) in [6.45, 7) is 4.10. The van der Waals surface area contributed by atoms with Gasteiger partial charge in [-0.1, -0.05) is 6.08 Å². The average molecular weight is 360 g/mol. The Bertz CT molecular complexity index is 743. The van der Waals surface area contributed by atoms with E-state index in [-0.39, 0.29) is 23.2 Å². The quantitative estimate of drug-likeness (QED) is 0.302. The molecule has 0 fully saturated rings. The maximum absolute atomic E-state index is 12.2. The van der Waals surface area contributed by atoms with Crippen molar-refractivity contribution < 1.29 is 28.7 Å². The molecule has 1 aromatic carbocycles. The van der Waals surface area contributed by atoms with Gasteiger partial charge >= 0.3 is 5.97 Å². The highest BCUT2D eigenvalue weighted by Crippen LogP contribution is 2.24. The average Bonchev–Trinajstić information content (AvgIpc) is 2.88. The van der Waals surface area contributed by atoms with Gasteiger partial charge in [0.1, 0.15) is 0 Å². The number of rotatable bonds is 9. The lowest BCUT2D eigenvalue weighted by atomic mass is 10.1. The Morgan fingerprint density at radius 1 is 1.23 bits per heavy atom. The van der Waals surface area contributed by atoms with Gasteiger partial charge in [0.2, 0.25) is 0 Å². The van der Waals surface area contributed by atoms with E-state index in [9.17, 15) is 19.2 Å². The number of hydrogen-bond acceptors (Lipinski definition) is 6. The van der Waals surface area contributed by atoms with Gasteiger partial charge in [-0.2, -0.15) is 0 Å². The molecule has 0 saturated carbocycles. The number of carbonyl (C=O) groups excluding carboxylic acids is 4. The number of ether oxygens (including phenoxy) is 2. The van der Waals surface area contributed by atoms with E-state index in [2.05, 4.69) is 11.9 Å². The van der Waals surface area contributed by atoms with Crippen LogP contribution in [0.15, 0.2) is 30.9 Å². The summed E-state index contributed by atoms with van der Waals surface area (Å²) in [6.07, 6.45) is 2.10. The molecule has 0 aromatic heterocycles. The van der Waals surface area contributed by atoms with Gasteiger partial charge in [-0.15, -0.1) is 6.58 Å². The predicted octanol–water partition coefficient (Wildman–Crippen LogP) is 0.778. The molecule has 1 N–H and O–H groups in total. The molecule has 2 rings (SSSR count). The molecule has 0 radical (unpaired) electrons. The van der Waals surface area contributed by atoms with E-state index < -0.39 is 30.3 Å². The van der Waals surface area contributed by atoms with E-state index in [1.54, 1.807) is 7.11 Å². The fourth-order valence-electron chi connectivity index (χ4n) is 2.42. The Labute approximate surface area is 150 Å². The van der Waals surface area contributed by atoms with E-state index in [1.807, 2.05) is 0 Å². The van der Waals surface area contributed by atoms with Gasteiger partial charge < -0.3 is 14.8 Å². The number of nitrogens with zero attached hydrogens (tertiary/aromatic N) is 1. The molecule has 8 nitrogen and oxygen atoms in total. The summed E-state index contributed by atoms with van der Waals surface area (Å²) in [4.78, 5) is 49.1. The standard InChI is InChI=1S/C18H20N2O6/c1-3-8-20-16(22)13-6-5-12(10-14(13)17(20)23)18(24)26-11-15(21)19-7-4-9-25-2/h3,5-6,10H,1,4,7-9,11H2,2H3,(H,19,21). The molecule has 1 aliphatic rings. The van der Waals surface area contributed by atoms with Crippen LogP contribution in [0.4, 0.5) is 0 Å². The molecule has 1 aromatic rings. The minimum Gasteiger partial charge on any atom is -0.452 e. The third-order valence-corrected chi connectivity index (χ3v) is 3.70. The molecule has 138 valence electrons. The molecule has 1 heterocycles. The first-order valence-electron chi connectivity index (χ1n) is 8.03. The number of benzene rings is 1. The summed E-state index contributed by atoms with van der Waals surface area (Å²) < 4.78 is 9.79. The number of nitrogens with one attached hydrogen (secondary N) is 1. The molecule has 26 heavy (non-hydrogen) atoms. The monoisotopic (exact) mass is 360 g/mol.